The molecule has 0 aromatic carbocycles. The summed E-state index contributed by atoms with van der Waals surface area (Å²) in [4.78, 5) is 0. The molecule has 2 aliphatic carbocycles. The molecular formula is C27H50. The number of allylic oxidation sites excluding steroid dienone is 1. The lowest BCUT2D eigenvalue weighted by molar-refractivity contribution is 0.138. The maximum absolute atomic E-state index is 4.51. The van der Waals surface area contributed by atoms with Gasteiger partial charge in [0.15, 0.2) is 0 Å². The first kappa shape index (κ1) is 23.0. The fourth-order valence-electron chi connectivity index (χ4n) is 7.21. The normalized spacial score (nSPS) is 35.4. The molecule has 2 saturated carbocycles. The average Bonchev–Trinajstić information content (AvgIpc) is 3.08. The summed E-state index contributed by atoms with van der Waals surface area (Å²) in [6.07, 6.45) is 15.7. The van der Waals surface area contributed by atoms with E-state index >= 15 is 0 Å². The molecule has 2 aliphatic rings. The Morgan fingerprint density at radius 3 is 2.41 bits per heavy atom. The third-order valence-corrected chi connectivity index (χ3v) is 9.20. The molecule has 2 fully saturated rings. The molecule has 0 heterocycles. The number of fused-ring (bicyclic) bond motifs is 1. The highest BCUT2D eigenvalue weighted by molar-refractivity contribution is 5.16. The van der Waals surface area contributed by atoms with Crippen molar-refractivity contribution in [2.75, 3.05) is 0 Å². The fraction of sp³-hybridized carbons (Fsp3) is 0.926. The summed E-state index contributed by atoms with van der Waals surface area (Å²) in [5, 5.41) is 0. The van der Waals surface area contributed by atoms with E-state index in [1.165, 1.54) is 76.2 Å². The molecule has 0 saturated heterocycles. The van der Waals surface area contributed by atoms with E-state index < -0.39 is 0 Å². The van der Waals surface area contributed by atoms with Crippen molar-refractivity contribution in [2.45, 2.75) is 119 Å². The van der Waals surface area contributed by atoms with Crippen LogP contribution in [-0.2, 0) is 0 Å². The molecule has 0 radical (unpaired) electrons. The van der Waals surface area contributed by atoms with Crippen molar-refractivity contribution in [1.82, 2.24) is 0 Å². The lowest BCUT2D eigenvalue weighted by Gasteiger charge is -2.41. The van der Waals surface area contributed by atoms with Crippen molar-refractivity contribution in [3.8, 4) is 0 Å². The Balaban J connectivity index is 2.14. The average molecular weight is 375 g/mol. The molecule has 6 unspecified atom stereocenters. The highest BCUT2D eigenvalue weighted by atomic mass is 14.6. The van der Waals surface area contributed by atoms with E-state index in [1.807, 2.05) is 0 Å². The van der Waals surface area contributed by atoms with Crippen LogP contribution in [0.4, 0.5) is 0 Å². The molecule has 27 heavy (non-hydrogen) atoms. The van der Waals surface area contributed by atoms with Crippen LogP contribution in [-0.4, -0.2) is 0 Å². The standard InChI is InChI=1S/C27H50/c1-9-11-18-26(7,21(5)6)25-19-27(8)22(15-13-12-14-20(3)4)16-17-24(27)23(25)10-2/h20,22-25H,5,9-19H2,1-4,6-8H3. The lowest BCUT2D eigenvalue weighted by Crippen LogP contribution is -2.32. The van der Waals surface area contributed by atoms with Crippen LogP contribution in [0.5, 0.6) is 0 Å². The Kier molecular flexibility index (Phi) is 8.09. The SMILES string of the molecule is C=C(C)C(C)(CCCC)C1CC2(C)C(CCCCC(C)C)CCC2C1CC. The summed E-state index contributed by atoms with van der Waals surface area (Å²) in [7, 11) is 0. The third kappa shape index (κ3) is 4.67. The molecule has 2 rings (SSSR count). The van der Waals surface area contributed by atoms with E-state index in [0.717, 1.165) is 29.6 Å². The second-order valence-electron chi connectivity index (χ2n) is 11.2. The molecule has 0 bridgehead atoms. The Morgan fingerprint density at radius 1 is 1.15 bits per heavy atom. The van der Waals surface area contributed by atoms with Crippen LogP contribution in [0.15, 0.2) is 12.2 Å². The largest absolute Gasteiger partial charge is 0.0996 e. The highest BCUT2D eigenvalue weighted by Gasteiger charge is 2.59. The predicted molar refractivity (Wildman–Crippen MR) is 122 cm³/mol. The van der Waals surface area contributed by atoms with Gasteiger partial charge in [0.2, 0.25) is 0 Å². The minimum atomic E-state index is 0.353. The van der Waals surface area contributed by atoms with Gasteiger partial charge in [0, 0.05) is 0 Å². The van der Waals surface area contributed by atoms with Gasteiger partial charge in [-0.3, -0.25) is 0 Å². The molecule has 0 heteroatoms. The summed E-state index contributed by atoms with van der Waals surface area (Å²) in [5.74, 6) is 4.61. The van der Waals surface area contributed by atoms with Gasteiger partial charge in [-0.2, -0.15) is 0 Å². The predicted octanol–water partition coefficient (Wildman–Crippen LogP) is 9.05. The molecule has 0 aromatic heterocycles. The zero-order valence-corrected chi connectivity index (χ0v) is 19.9. The Bertz CT molecular complexity index is 474. The number of unbranched alkanes of at least 4 members (excludes halogenated alkanes) is 2. The van der Waals surface area contributed by atoms with Crippen LogP contribution in [0.1, 0.15) is 119 Å². The van der Waals surface area contributed by atoms with Crippen molar-refractivity contribution in [3.05, 3.63) is 12.2 Å². The third-order valence-electron chi connectivity index (χ3n) is 9.20. The first-order valence-electron chi connectivity index (χ1n) is 12.4. The van der Waals surface area contributed by atoms with Crippen LogP contribution >= 0.6 is 0 Å². The molecular weight excluding hydrogens is 324 g/mol. The van der Waals surface area contributed by atoms with E-state index in [2.05, 4.69) is 55.0 Å². The maximum atomic E-state index is 4.51. The summed E-state index contributed by atoms with van der Waals surface area (Å²) in [6.45, 7) is 21.6. The van der Waals surface area contributed by atoms with Gasteiger partial charge in [-0.05, 0) is 79.4 Å². The zero-order chi connectivity index (χ0) is 20.2. The highest BCUT2D eigenvalue weighted by Crippen LogP contribution is 2.67. The fourth-order valence-corrected chi connectivity index (χ4v) is 7.21. The van der Waals surface area contributed by atoms with E-state index in [4.69, 9.17) is 0 Å². The van der Waals surface area contributed by atoms with E-state index in [9.17, 15) is 0 Å². The van der Waals surface area contributed by atoms with Gasteiger partial charge in [-0.15, -0.1) is 0 Å². The van der Waals surface area contributed by atoms with Crippen LogP contribution < -0.4 is 0 Å². The number of rotatable bonds is 11. The topological polar surface area (TPSA) is 0 Å². The van der Waals surface area contributed by atoms with Crippen LogP contribution in [0, 0.1) is 40.4 Å². The van der Waals surface area contributed by atoms with Crippen molar-refractivity contribution in [1.29, 1.82) is 0 Å². The second-order valence-corrected chi connectivity index (χ2v) is 11.2. The molecule has 0 amide bonds. The van der Waals surface area contributed by atoms with Crippen molar-refractivity contribution in [2.24, 2.45) is 40.4 Å². The van der Waals surface area contributed by atoms with Gasteiger partial charge in [0.05, 0.1) is 0 Å². The Hall–Kier alpha value is -0.260. The minimum Gasteiger partial charge on any atom is -0.0996 e. The van der Waals surface area contributed by atoms with Gasteiger partial charge >= 0.3 is 0 Å². The lowest BCUT2D eigenvalue weighted by atomic mass is 9.63. The second kappa shape index (κ2) is 9.49. The summed E-state index contributed by atoms with van der Waals surface area (Å²) >= 11 is 0. The zero-order valence-electron chi connectivity index (χ0n) is 19.9. The van der Waals surface area contributed by atoms with Gasteiger partial charge < -0.3 is 0 Å². The first-order chi connectivity index (χ1) is 12.7. The molecule has 0 nitrogen and oxygen atoms in total. The first-order valence-corrected chi connectivity index (χ1v) is 12.4. The van der Waals surface area contributed by atoms with E-state index in [-0.39, 0.29) is 0 Å². The van der Waals surface area contributed by atoms with Crippen molar-refractivity contribution in [3.63, 3.8) is 0 Å². The molecule has 0 N–H and O–H groups in total. The molecule has 158 valence electrons. The van der Waals surface area contributed by atoms with Crippen LogP contribution in [0.25, 0.3) is 0 Å². The van der Waals surface area contributed by atoms with E-state index in [0.29, 0.717) is 10.8 Å². The molecule has 6 atom stereocenters. The summed E-state index contributed by atoms with van der Waals surface area (Å²) in [6, 6.07) is 0. The number of hydrogen-bond acceptors (Lipinski definition) is 0. The van der Waals surface area contributed by atoms with Gasteiger partial charge in [0.1, 0.15) is 0 Å². The number of hydrogen-bond donors (Lipinski definition) is 0. The molecule has 0 aromatic rings. The molecule has 0 aliphatic heterocycles. The van der Waals surface area contributed by atoms with Gasteiger partial charge in [-0.1, -0.05) is 92.2 Å². The van der Waals surface area contributed by atoms with Gasteiger partial charge in [-0.25, -0.2) is 0 Å². The van der Waals surface area contributed by atoms with Crippen molar-refractivity contribution >= 4 is 0 Å². The minimum absolute atomic E-state index is 0.353. The Labute approximate surface area is 172 Å². The monoisotopic (exact) mass is 374 g/mol. The van der Waals surface area contributed by atoms with Crippen molar-refractivity contribution < 1.29 is 0 Å². The molecule has 0 spiro atoms. The smallest absolute Gasteiger partial charge is 0.00906 e. The summed E-state index contributed by atoms with van der Waals surface area (Å²) < 4.78 is 0. The van der Waals surface area contributed by atoms with E-state index in [1.54, 1.807) is 0 Å². The Morgan fingerprint density at radius 2 is 1.85 bits per heavy atom. The maximum Gasteiger partial charge on any atom is -0.00906 e. The van der Waals surface area contributed by atoms with Crippen LogP contribution in [0.2, 0.25) is 0 Å². The van der Waals surface area contributed by atoms with Crippen LogP contribution in [0.3, 0.4) is 0 Å². The van der Waals surface area contributed by atoms with Gasteiger partial charge in [0.25, 0.3) is 0 Å². The summed E-state index contributed by atoms with van der Waals surface area (Å²) in [5.41, 5.74) is 2.41. The quantitative estimate of drug-likeness (QED) is 0.250.